The highest BCUT2D eigenvalue weighted by Gasteiger charge is 2.20. The molecule has 1 aliphatic carbocycles. The second-order valence-electron chi connectivity index (χ2n) is 3.84. The Morgan fingerprint density at radius 1 is 1.57 bits per heavy atom. The summed E-state index contributed by atoms with van der Waals surface area (Å²) in [4.78, 5) is 0. The highest BCUT2D eigenvalue weighted by molar-refractivity contribution is 4.92. The van der Waals surface area contributed by atoms with Gasteiger partial charge in [-0.15, -0.1) is 5.10 Å². The van der Waals surface area contributed by atoms with Crippen LogP contribution in [0.2, 0.25) is 0 Å². The Morgan fingerprint density at radius 3 is 3.14 bits per heavy atom. The Kier molecular flexibility index (Phi) is 3.10. The van der Waals surface area contributed by atoms with Gasteiger partial charge in [0.05, 0.1) is 12.2 Å². The standard InChI is InChI=1S/C9H17N5/c10-3-4-14-7-9(12-13-14)6-11-5-8-1-2-8/h7-8,11H,1-6,10H2. The van der Waals surface area contributed by atoms with Gasteiger partial charge in [-0.25, -0.2) is 0 Å². The maximum Gasteiger partial charge on any atom is 0.0964 e. The Morgan fingerprint density at radius 2 is 2.43 bits per heavy atom. The van der Waals surface area contributed by atoms with E-state index in [2.05, 4.69) is 15.6 Å². The third-order valence-electron chi connectivity index (χ3n) is 2.38. The summed E-state index contributed by atoms with van der Waals surface area (Å²) in [5.41, 5.74) is 6.41. The first kappa shape index (κ1) is 9.61. The van der Waals surface area contributed by atoms with Crippen LogP contribution in [0.5, 0.6) is 0 Å². The predicted octanol–water partition coefficient (Wildman–Crippen LogP) is -0.264. The van der Waals surface area contributed by atoms with E-state index in [1.54, 1.807) is 4.68 Å². The van der Waals surface area contributed by atoms with E-state index in [0.717, 1.165) is 31.2 Å². The highest BCUT2D eigenvalue weighted by Crippen LogP contribution is 2.27. The molecule has 0 unspecified atom stereocenters. The Hall–Kier alpha value is -0.940. The molecule has 1 aliphatic rings. The maximum atomic E-state index is 5.41. The lowest BCUT2D eigenvalue weighted by Crippen LogP contribution is -2.16. The van der Waals surface area contributed by atoms with Gasteiger partial charge in [-0.2, -0.15) is 0 Å². The molecule has 0 saturated heterocycles. The second-order valence-corrected chi connectivity index (χ2v) is 3.84. The molecule has 1 heterocycles. The van der Waals surface area contributed by atoms with Crippen molar-refractivity contribution in [1.29, 1.82) is 0 Å². The summed E-state index contributed by atoms with van der Waals surface area (Å²) in [5.74, 6) is 0.911. The SMILES string of the molecule is NCCn1cc(CNCC2CC2)nn1. The monoisotopic (exact) mass is 195 g/mol. The minimum atomic E-state index is 0.609. The fraction of sp³-hybridized carbons (Fsp3) is 0.778. The lowest BCUT2D eigenvalue weighted by Gasteiger charge is -1.98. The van der Waals surface area contributed by atoms with Gasteiger partial charge in [-0.1, -0.05) is 5.21 Å². The first-order valence-corrected chi connectivity index (χ1v) is 5.18. The van der Waals surface area contributed by atoms with Crippen molar-refractivity contribution in [3.63, 3.8) is 0 Å². The molecule has 1 fully saturated rings. The largest absolute Gasteiger partial charge is 0.329 e. The smallest absolute Gasteiger partial charge is 0.0964 e. The normalized spacial score (nSPS) is 16.1. The second kappa shape index (κ2) is 4.52. The average molecular weight is 195 g/mol. The molecule has 5 heteroatoms. The van der Waals surface area contributed by atoms with Crippen LogP contribution in [0.4, 0.5) is 0 Å². The minimum absolute atomic E-state index is 0.609. The summed E-state index contributed by atoms with van der Waals surface area (Å²) in [6.45, 7) is 3.29. The highest BCUT2D eigenvalue weighted by atomic mass is 15.4. The van der Waals surface area contributed by atoms with Crippen LogP contribution in [-0.4, -0.2) is 28.1 Å². The molecule has 0 radical (unpaired) electrons. The minimum Gasteiger partial charge on any atom is -0.329 e. The van der Waals surface area contributed by atoms with Gasteiger partial charge in [-0.05, 0) is 25.3 Å². The van der Waals surface area contributed by atoms with Crippen LogP contribution in [0.25, 0.3) is 0 Å². The molecule has 0 aromatic carbocycles. The molecule has 78 valence electrons. The number of hydrogen-bond acceptors (Lipinski definition) is 4. The fourth-order valence-electron chi connectivity index (χ4n) is 1.39. The molecule has 1 aromatic heterocycles. The third kappa shape index (κ3) is 2.78. The quantitative estimate of drug-likeness (QED) is 0.656. The number of rotatable bonds is 6. The molecule has 1 saturated carbocycles. The molecule has 0 aliphatic heterocycles. The number of nitrogens with two attached hydrogens (primary N) is 1. The summed E-state index contributed by atoms with van der Waals surface area (Å²) < 4.78 is 1.79. The van der Waals surface area contributed by atoms with E-state index in [-0.39, 0.29) is 0 Å². The van der Waals surface area contributed by atoms with Crippen molar-refractivity contribution in [2.45, 2.75) is 25.9 Å². The molecule has 2 rings (SSSR count). The molecular formula is C9H17N5. The van der Waals surface area contributed by atoms with Crippen molar-refractivity contribution in [3.8, 4) is 0 Å². The fourth-order valence-corrected chi connectivity index (χ4v) is 1.39. The maximum absolute atomic E-state index is 5.41. The van der Waals surface area contributed by atoms with Crippen molar-refractivity contribution >= 4 is 0 Å². The number of hydrogen-bond donors (Lipinski definition) is 2. The molecule has 3 N–H and O–H groups in total. The van der Waals surface area contributed by atoms with E-state index >= 15 is 0 Å². The van der Waals surface area contributed by atoms with E-state index in [4.69, 9.17) is 5.73 Å². The van der Waals surface area contributed by atoms with Gasteiger partial charge in [0.25, 0.3) is 0 Å². The Balaban J connectivity index is 1.71. The van der Waals surface area contributed by atoms with Crippen LogP contribution in [-0.2, 0) is 13.1 Å². The molecule has 0 amide bonds. The zero-order chi connectivity index (χ0) is 9.80. The van der Waals surface area contributed by atoms with Crippen LogP contribution in [0.3, 0.4) is 0 Å². The zero-order valence-corrected chi connectivity index (χ0v) is 8.32. The lowest BCUT2D eigenvalue weighted by molar-refractivity contribution is 0.597. The van der Waals surface area contributed by atoms with Gasteiger partial charge < -0.3 is 11.1 Å². The van der Waals surface area contributed by atoms with E-state index in [1.165, 1.54) is 12.8 Å². The summed E-state index contributed by atoms with van der Waals surface area (Å²) in [5, 5.41) is 11.4. The Bertz CT molecular complexity index is 278. The topological polar surface area (TPSA) is 68.8 Å². The molecule has 1 aromatic rings. The molecule has 0 spiro atoms. The van der Waals surface area contributed by atoms with Gasteiger partial charge in [0.15, 0.2) is 0 Å². The zero-order valence-electron chi connectivity index (χ0n) is 8.32. The van der Waals surface area contributed by atoms with Gasteiger partial charge >= 0.3 is 0 Å². The van der Waals surface area contributed by atoms with E-state index in [1.807, 2.05) is 6.20 Å². The van der Waals surface area contributed by atoms with E-state index in [0.29, 0.717) is 6.54 Å². The summed E-state index contributed by atoms with van der Waals surface area (Å²) in [6.07, 6.45) is 4.71. The molecule has 0 atom stereocenters. The average Bonchev–Trinajstić information content (AvgIpc) is 2.88. The lowest BCUT2D eigenvalue weighted by atomic mass is 10.4. The van der Waals surface area contributed by atoms with Gasteiger partial charge in [0.1, 0.15) is 0 Å². The van der Waals surface area contributed by atoms with Crippen LogP contribution in [0.1, 0.15) is 18.5 Å². The first-order valence-electron chi connectivity index (χ1n) is 5.18. The third-order valence-corrected chi connectivity index (χ3v) is 2.38. The summed E-state index contributed by atoms with van der Waals surface area (Å²) >= 11 is 0. The number of aromatic nitrogens is 3. The van der Waals surface area contributed by atoms with E-state index < -0.39 is 0 Å². The molecule has 5 nitrogen and oxygen atoms in total. The first-order chi connectivity index (χ1) is 6.88. The van der Waals surface area contributed by atoms with Crippen LogP contribution < -0.4 is 11.1 Å². The summed E-state index contributed by atoms with van der Waals surface area (Å²) in [6, 6.07) is 0. The molecule has 14 heavy (non-hydrogen) atoms. The van der Waals surface area contributed by atoms with Crippen molar-refractivity contribution in [2.75, 3.05) is 13.1 Å². The molecular weight excluding hydrogens is 178 g/mol. The van der Waals surface area contributed by atoms with Crippen molar-refractivity contribution in [3.05, 3.63) is 11.9 Å². The van der Waals surface area contributed by atoms with Crippen molar-refractivity contribution < 1.29 is 0 Å². The molecule has 0 bridgehead atoms. The van der Waals surface area contributed by atoms with Crippen molar-refractivity contribution in [2.24, 2.45) is 11.7 Å². The van der Waals surface area contributed by atoms with Gasteiger partial charge in [0.2, 0.25) is 0 Å². The van der Waals surface area contributed by atoms with Gasteiger partial charge in [0, 0.05) is 19.3 Å². The van der Waals surface area contributed by atoms with Gasteiger partial charge in [-0.3, -0.25) is 4.68 Å². The van der Waals surface area contributed by atoms with Crippen LogP contribution in [0.15, 0.2) is 6.20 Å². The number of nitrogens with one attached hydrogen (secondary N) is 1. The van der Waals surface area contributed by atoms with Crippen molar-refractivity contribution in [1.82, 2.24) is 20.3 Å². The van der Waals surface area contributed by atoms with Crippen LogP contribution >= 0.6 is 0 Å². The predicted molar refractivity (Wildman–Crippen MR) is 53.5 cm³/mol. The number of nitrogens with zero attached hydrogens (tertiary/aromatic N) is 3. The van der Waals surface area contributed by atoms with E-state index in [9.17, 15) is 0 Å². The summed E-state index contributed by atoms with van der Waals surface area (Å²) in [7, 11) is 0. The van der Waals surface area contributed by atoms with Crippen LogP contribution in [0, 0.1) is 5.92 Å². The Labute approximate surface area is 83.7 Å².